The van der Waals surface area contributed by atoms with E-state index in [0.29, 0.717) is 35.7 Å². The Bertz CT molecular complexity index is 755. The summed E-state index contributed by atoms with van der Waals surface area (Å²) in [5, 5.41) is 11.2. The molecule has 0 amide bonds. The summed E-state index contributed by atoms with van der Waals surface area (Å²) < 4.78 is 21.7. The summed E-state index contributed by atoms with van der Waals surface area (Å²) in [4.78, 5) is 12.9. The van der Waals surface area contributed by atoms with Gasteiger partial charge in [-0.05, 0) is 42.5 Å². The second kappa shape index (κ2) is 7.74. The highest BCUT2D eigenvalue weighted by Crippen LogP contribution is 2.49. The van der Waals surface area contributed by atoms with Gasteiger partial charge < -0.3 is 24.1 Å². The second-order valence-electron chi connectivity index (χ2n) is 7.04. The molecule has 6 nitrogen and oxygen atoms in total. The number of fused-ring (bicyclic) bond motifs is 1. The monoisotopic (exact) mass is 374 g/mol. The second-order valence-corrected chi connectivity index (χ2v) is 7.04. The number of benzene rings is 1. The molecule has 0 saturated heterocycles. The Hall–Kier alpha value is -2.31. The molecule has 27 heavy (non-hydrogen) atoms. The number of rotatable bonds is 7. The van der Waals surface area contributed by atoms with Gasteiger partial charge in [-0.1, -0.05) is 19.1 Å². The minimum absolute atomic E-state index is 0.0186. The normalized spacial score (nSPS) is 25.9. The Morgan fingerprint density at radius 3 is 2.85 bits per heavy atom. The average molecular weight is 374 g/mol. The summed E-state index contributed by atoms with van der Waals surface area (Å²) in [6.07, 6.45) is 4.93. The van der Waals surface area contributed by atoms with Crippen molar-refractivity contribution < 1.29 is 28.8 Å². The summed E-state index contributed by atoms with van der Waals surface area (Å²) >= 11 is 0. The first-order valence-electron chi connectivity index (χ1n) is 8.98. The van der Waals surface area contributed by atoms with Crippen LogP contribution < -0.4 is 14.2 Å². The van der Waals surface area contributed by atoms with Gasteiger partial charge in [-0.3, -0.25) is 4.79 Å². The van der Waals surface area contributed by atoms with E-state index >= 15 is 0 Å². The number of hydrogen-bond acceptors (Lipinski definition) is 6. The van der Waals surface area contributed by atoms with E-state index in [2.05, 4.69) is 6.58 Å². The van der Waals surface area contributed by atoms with Gasteiger partial charge in [0.25, 0.3) is 0 Å². The molecule has 0 fully saturated rings. The van der Waals surface area contributed by atoms with Crippen molar-refractivity contribution in [3.8, 4) is 17.2 Å². The fraction of sp³-hybridized carbons (Fsp3) is 0.476. The molecule has 1 N–H and O–H groups in total. The maximum atomic E-state index is 12.9. The molecule has 4 atom stereocenters. The Labute approximate surface area is 159 Å². The predicted molar refractivity (Wildman–Crippen MR) is 100 cm³/mol. The number of ketones is 1. The molecule has 1 aliphatic heterocycles. The third-order valence-corrected chi connectivity index (χ3v) is 5.70. The molecule has 2 aliphatic rings. The Morgan fingerprint density at radius 1 is 1.41 bits per heavy atom. The highest BCUT2D eigenvalue weighted by molar-refractivity contribution is 5.96. The van der Waals surface area contributed by atoms with E-state index in [1.54, 1.807) is 37.5 Å². The fourth-order valence-electron chi connectivity index (χ4n) is 4.00. The summed E-state index contributed by atoms with van der Waals surface area (Å²) in [6, 6.07) is 3.47. The van der Waals surface area contributed by atoms with Gasteiger partial charge in [0.05, 0.1) is 19.3 Å². The fourth-order valence-corrected chi connectivity index (χ4v) is 4.00. The van der Waals surface area contributed by atoms with E-state index in [0.717, 1.165) is 0 Å². The third-order valence-electron chi connectivity index (χ3n) is 5.70. The van der Waals surface area contributed by atoms with Gasteiger partial charge in [0.15, 0.2) is 17.3 Å². The van der Waals surface area contributed by atoms with E-state index in [4.69, 9.17) is 18.9 Å². The average Bonchev–Trinajstić information content (AvgIpc) is 3.16. The molecule has 6 heteroatoms. The first kappa shape index (κ1) is 19.5. The molecular weight excluding hydrogens is 348 g/mol. The van der Waals surface area contributed by atoms with Gasteiger partial charge in [0.2, 0.25) is 12.5 Å². The van der Waals surface area contributed by atoms with E-state index < -0.39 is 11.5 Å². The molecular formula is C21H26O6. The molecule has 146 valence electrons. The summed E-state index contributed by atoms with van der Waals surface area (Å²) in [7, 11) is 3.15. The maximum absolute atomic E-state index is 12.9. The zero-order valence-electron chi connectivity index (χ0n) is 15.9. The van der Waals surface area contributed by atoms with E-state index in [1.165, 1.54) is 7.11 Å². The molecule has 0 aromatic heterocycles. The summed E-state index contributed by atoms with van der Waals surface area (Å²) in [5.74, 6) is 1.15. The SMILES string of the molecule is C=CC[C@]1([C@H](C)[C@@H](O)c2cc(OC)c3c(c2)OCO3)C[C@@H](OC)C=CC1=O. The molecule has 1 aliphatic carbocycles. The van der Waals surface area contributed by atoms with Crippen molar-refractivity contribution in [3.05, 3.63) is 42.5 Å². The maximum Gasteiger partial charge on any atom is 0.231 e. The van der Waals surface area contributed by atoms with Gasteiger partial charge in [-0.15, -0.1) is 6.58 Å². The van der Waals surface area contributed by atoms with Crippen molar-refractivity contribution in [1.29, 1.82) is 0 Å². The molecule has 0 unspecified atom stereocenters. The molecule has 0 bridgehead atoms. The van der Waals surface area contributed by atoms with E-state index in [9.17, 15) is 9.90 Å². The van der Waals surface area contributed by atoms with Crippen LogP contribution in [0.1, 0.15) is 31.4 Å². The summed E-state index contributed by atoms with van der Waals surface area (Å²) in [6.45, 7) is 5.81. The lowest BCUT2D eigenvalue weighted by Gasteiger charge is -2.42. The predicted octanol–water partition coefficient (Wildman–Crippen LogP) is 3.20. The van der Waals surface area contributed by atoms with Crippen molar-refractivity contribution in [2.45, 2.75) is 32.0 Å². The van der Waals surface area contributed by atoms with Crippen molar-refractivity contribution >= 4 is 5.78 Å². The van der Waals surface area contributed by atoms with Gasteiger partial charge in [0.1, 0.15) is 0 Å². The van der Waals surface area contributed by atoms with Crippen molar-refractivity contribution in [2.75, 3.05) is 21.0 Å². The third kappa shape index (κ3) is 3.35. The van der Waals surface area contributed by atoms with Crippen LogP contribution in [0.2, 0.25) is 0 Å². The number of hydrogen-bond donors (Lipinski definition) is 1. The Balaban J connectivity index is 1.97. The highest BCUT2D eigenvalue weighted by Gasteiger charge is 2.47. The number of allylic oxidation sites excluding steroid dienone is 2. The Morgan fingerprint density at radius 2 is 2.19 bits per heavy atom. The summed E-state index contributed by atoms with van der Waals surface area (Å²) in [5.41, 5.74) is -0.177. The van der Waals surface area contributed by atoms with Crippen LogP contribution >= 0.6 is 0 Å². The van der Waals surface area contributed by atoms with Gasteiger partial charge in [-0.2, -0.15) is 0 Å². The van der Waals surface area contributed by atoms with Gasteiger partial charge >= 0.3 is 0 Å². The van der Waals surface area contributed by atoms with Crippen molar-refractivity contribution in [1.82, 2.24) is 0 Å². The van der Waals surface area contributed by atoms with E-state index in [-0.39, 0.29) is 24.6 Å². The number of aliphatic hydroxyl groups excluding tert-OH is 1. The van der Waals surface area contributed by atoms with Crippen LogP contribution in [-0.4, -0.2) is 38.0 Å². The van der Waals surface area contributed by atoms with E-state index in [1.807, 2.05) is 6.92 Å². The van der Waals surface area contributed by atoms with Crippen LogP contribution in [0.5, 0.6) is 17.2 Å². The van der Waals surface area contributed by atoms with Crippen LogP contribution in [0.3, 0.4) is 0 Å². The minimum atomic E-state index is -0.902. The largest absolute Gasteiger partial charge is 0.493 e. The standard InChI is InChI=1S/C21H26O6/c1-5-8-21(11-15(24-3)6-7-18(21)22)13(2)19(23)14-9-16(25-4)20-17(10-14)26-12-27-20/h5-7,9-10,13,15,19,23H,1,8,11-12H2,2-4H3/t13-,15+,19-,21-/m1/s1. The molecule has 3 rings (SSSR count). The van der Waals surface area contributed by atoms with Crippen molar-refractivity contribution in [2.24, 2.45) is 11.3 Å². The molecule has 0 saturated carbocycles. The quantitative estimate of drug-likeness (QED) is 0.739. The van der Waals surface area contributed by atoms with Crippen LogP contribution in [-0.2, 0) is 9.53 Å². The zero-order chi connectivity index (χ0) is 19.6. The lowest BCUT2D eigenvalue weighted by atomic mass is 9.62. The first-order chi connectivity index (χ1) is 13.0. The highest BCUT2D eigenvalue weighted by atomic mass is 16.7. The van der Waals surface area contributed by atoms with Crippen LogP contribution in [0.4, 0.5) is 0 Å². The van der Waals surface area contributed by atoms with Gasteiger partial charge in [0, 0.05) is 12.5 Å². The topological polar surface area (TPSA) is 74.2 Å². The minimum Gasteiger partial charge on any atom is -0.493 e. The number of carbonyl (C=O) groups is 1. The van der Waals surface area contributed by atoms with Crippen LogP contribution in [0, 0.1) is 11.3 Å². The van der Waals surface area contributed by atoms with Crippen LogP contribution in [0.25, 0.3) is 0 Å². The lowest BCUT2D eigenvalue weighted by molar-refractivity contribution is -0.133. The number of aliphatic hydroxyl groups is 1. The molecule has 0 spiro atoms. The zero-order valence-corrected chi connectivity index (χ0v) is 15.9. The molecule has 1 heterocycles. The number of carbonyl (C=O) groups excluding carboxylic acids is 1. The smallest absolute Gasteiger partial charge is 0.231 e. The number of methoxy groups -OCH3 is 2. The number of ether oxygens (including phenoxy) is 4. The van der Waals surface area contributed by atoms with Crippen LogP contribution in [0.15, 0.2) is 36.9 Å². The molecule has 0 radical (unpaired) electrons. The van der Waals surface area contributed by atoms with Crippen molar-refractivity contribution in [3.63, 3.8) is 0 Å². The first-order valence-corrected chi connectivity index (χ1v) is 8.98. The molecule has 1 aromatic carbocycles. The molecule has 1 aromatic rings. The Kier molecular flexibility index (Phi) is 5.58. The lowest BCUT2D eigenvalue weighted by Crippen LogP contribution is -2.44. The van der Waals surface area contributed by atoms with Gasteiger partial charge in [-0.25, -0.2) is 0 Å².